The highest BCUT2D eigenvalue weighted by Gasteiger charge is 2.31. The van der Waals surface area contributed by atoms with Gasteiger partial charge in [-0.25, -0.2) is 4.79 Å². The van der Waals surface area contributed by atoms with Crippen molar-refractivity contribution >= 4 is 57.8 Å². The van der Waals surface area contributed by atoms with Crippen LogP contribution in [0.25, 0.3) is 6.08 Å². The Morgan fingerprint density at radius 3 is 2.51 bits per heavy atom. The fourth-order valence-electron chi connectivity index (χ4n) is 3.60. The van der Waals surface area contributed by atoms with Crippen molar-refractivity contribution in [3.63, 3.8) is 0 Å². The van der Waals surface area contributed by atoms with E-state index in [1.807, 2.05) is 54.6 Å². The standard InChI is InChI=1S/C28H24N2O5S2/c31-25(29-22-13-11-21(12-14-22)27(33)34)10-5-15-30-26(32)24(37-28(30)36)17-20-8-4-9-23(16-20)35-18-19-6-2-1-3-7-19/h1-4,6-9,11-14,16-17H,5,10,15,18H2,(H,29,31)(H,33,34)/b24-17-. The predicted molar refractivity (Wildman–Crippen MR) is 148 cm³/mol. The Kier molecular flexibility index (Phi) is 8.71. The van der Waals surface area contributed by atoms with Gasteiger partial charge in [0, 0.05) is 18.7 Å². The molecule has 1 saturated heterocycles. The number of thioether (sulfide) groups is 1. The number of anilines is 1. The smallest absolute Gasteiger partial charge is 0.335 e. The minimum Gasteiger partial charge on any atom is -0.489 e. The average Bonchev–Trinajstić information content (AvgIpc) is 3.16. The highest BCUT2D eigenvalue weighted by molar-refractivity contribution is 8.26. The molecule has 2 amide bonds. The highest BCUT2D eigenvalue weighted by Crippen LogP contribution is 2.33. The van der Waals surface area contributed by atoms with Crippen molar-refractivity contribution in [3.8, 4) is 5.75 Å². The van der Waals surface area contributed by atoms with E-state index in [-0.39, 0.29) is 23.8 Å². The van der Waals surface area contributed by atoms with Gasteiger partial charge in [-0.3, -0.25) is 14.5 Å². The first kappa shape index (κ1) is 26.1. The molecule has 7 nitrogen and oxygen atoms in total. The predicted octanol–water partition coefficient (Wildman–Crippen LogP) is 5.58. The number of nitrogens with one attached hydrogen (secondary N) is 1. The number of thiocarbonyl (C=S) groups is 1. The van der Waals surface area contributed by atoms with Gasteiger partial charge >= 0.3 is 5.97 Å². The van der Waals surface area contributed by atoms with Crippen LogP contribution >= 0.6 is 24.0 Å². The van der Waals surface area contributed by atoms with Gasteiger partial charge in [0.2, 0.25) is 5.91 Å². The van der Waals surface area contributed by atoms with E-state index in [0.717, 1.165) is 11.1 Å². The summed E-state index contributed by atoms with van der Waals surface area (Å²) in [6.45, 7) is 0.779. The van der Waals surface area contributed by atoms with E-state index in [9.17, 15) is 14.4 Å². The number of carbonyl (C=O) groups is 3. The van der Waals surface area contributed by atoms with Crippen molar-refractivity contribution in [1.29, 1.82) is 0 Å². The monoisotopic (exact) mass is 532 g/mol. The first-order valence-electron chi connectivity index (χ1n) is 11.5. The number of carboxylic acid groups (broad SMARTS) is 1. The van der Waals surface area contributed by atoms with Crippen LogP contribution in [-0.2, 0) is 16.2 Å². The first-order chi connectivity index (χ1) is 17.9. The van der Waals surface area contributed by atoms with Crippen molar-refractivity contribution in [2.45, 2.75) is 19.4 Å². The molecule has 4 rings (SSSR count). The third-order valence-electron chi connectivity index (χ3n) is 5.48. The van der Waals surface area contributed by atoms with Crippen LogP contribution in [0.3, 0.4) is 0 Å². The number of rotatable bonds is 10. The van der Waals surface area contributed by atoms with Gasteiger partial charge in [0.1, 0.15) is 16.7 Å². The summed E-state index contributed by atoms with van der Waals surface area (Å²) in [4.78, 5) is 38.2. The lowest BCUT2D eigenvalue weighted by molar-refractivity contribution is -0.122. The fourth-order valence-corrected chi connectivity index (χ4v) is 4.91. The number of hydrogen-bond donors (Lipinski definition) is 2. The van der Waals surface area contributed by atoms with E-state index in [1.165, 1.54) is 40.9 Å². The summed E-state index contributed by atoms with van der Waals surface area (Å²) >= 11 is 6.64. The Bertz CT molecular complexity index is 1340. The molecule has 0 spiro atoms. The Labute approximate surface area is 224 Å². The Hall–Kier alpha value is -3.95. The molecule has 1 aliphatic rings. The molecular weight excluding hydrogens is 508 g/mol. The first-order valence-corrected chi connectivity index (χ1v) is 12.8. The SMILES string of the molecule is O=C(CCCN1C(=O)/C(=C/c2cccc(OCc3ccccc3)c2)SC1=S)Nc1ccc(C(=O)O)cc1. The molecule has 9 heteroatoms. The lowest BCUT2D eigenvalue weighted by Crippen LogP contribution is -2.29. The number of benzene rings is 3. The quantitative estimate of drug-likeness (QED) is 0.260. The van der Waals surface area contributed by atoms with Gasteiger partial charge in [-0.2, -0.15) is 0 Å². The molecule has 37 heavy (non-hydrogen) atoms. The molecule has 0 saturated carbocycles. The van der Waals surface area contributed by atoms with E-state index in [4.69, 9.17) is 22.1 Å². The normalized spacial score (nSPS) is 14.2. The zero-order valence-electron chi connectivity index (χ0n) is 19.8. The van der Waals surface area contributed by atoms with E-state index in [0.29, 0.717) is 40.2 Å². The zero-order chi connectivity index (χ0) is 26.2. The summed E-state index contributed by atoms with van der Waals surface area (Å²) in [5.41, 5.74) is 2.56. The average molecular weight is 533 g/mol. The van der Waals surface area contributed by atoms with Gasteiger partial charge in [-0.1, -0.05) is 66.4 Å². The summed E-state index contributed by atoms with van der Waals surface area (Å²) in [7, 11) is 0. The Morgan fingerprint density at radius 1 is 1.03 bits per heavy atom. The number of amides is 2. The van der Waals surface area contributed by atoms with Gasteiger partial charge in [-0.05, 0) is 60.0 Å². The molecule has 2 N–H and O–H groups in total. The second kappa shape index (κ2) is 12.3. The molecule has 188 valence electrons. The third-order valence-corrected chi connectivity index (χ3v) is 6.86. The molecule has 1 heterocycles. The summed E-state index contributed by atoms with van der Waals surface area (Å²) in [5.74, 6) is -0.733. The highest BCUT2D eigenvalue weighted by atomic mass is 32.2. The number of ether oxygens (including phenoxy) is 1. The topological polar surface area (TPSA) is 95.9 Å². The van der Waals surface area contributed by atoms with Gasteiger partial charge < -0.3 is 15.2 Å². The van der Waals surface area contributed by atoms with Gasteiger partial charge in [0.15, 0.2) is 0 Å². The minimum absolute atomic E-state index is 0.145. The molecule has 0 aliphatic carbocycles. The molecule has 0 aromatic heterocycles. The summed E-state index contributed by atoms with van der Waals surface area (Å²) in [6.07, 6.45) is 2.42. The van der Waals surface area contributed by atoms with Crippen molar-refractivity contribution in [3.05, 3.63) is 100 Å². The maximum Gasteiger partial charge on any atom is 0.335 e. The number of carbonyl (C=O) groups excluding carboxylic acids is 2. The minimum atomic E-state index is -1.03. The lowest BCUT2D eigenvalue weighted by atomic mass is 10.2. The summed E-state index contributed by atoms with van der Waals surface area (Å²) in [6, 6.07) is 23.3. The van der Waals surface area contributed by atoms with E-state index >= 15 is 0 Å². The zero-order valence-corrected chi connectivity index (χ0v) is 21.4. The van der Waals surface area contributed by atoms with E-state index < -0.39 is 5.97 Å². The van der Waals surface area contributed by atoms with Crippen LogP contribution in [0.5, 0.6) is 5.75 Å². The van der Waals surface area contributed by atoms with Crippen LogP contribution in [0.1, 0.15) is 34.3 Å². The number of carboxylic acids is 1. The second-order valence-corrected chi connectivity index (χ2v) is 9.89. The number of aromatic carboxylic acids is 1. The molecular formula is C28H24N2O5S2. The maximum absolute atomic E-state index is 12.9. The molecule has 0 atom stereocenters. The van der Waals surface area contributed by atoms with Crippen LogP contribution in [0.4, 0.5) is 5.69 Å². The molecule has 3 aromatic rings. The Morgan fingerprint density at radius 2 is 1.78 bits per heavy atom. The molecule has 0 bridgehead atoms. The summed E-state index contributed by atoms with van der Waals surface area (Å²) < 4.78 is 6.34. The molecule has 1 fully saturated rings. The largest absolute Gasteiger partial charge is 0.489 e. The molecule has 0 radical (unpaired) electrons. The molecule has 3 aromatic carbocycles. The van der Waals surface area contributed by atoms with Crippen LogP contribution in [0.2, 0.25) is 0 Å². The van der Waals surface area contributed by atoms with E-state index in [1.54, 1.807) is 6.08 Å². The second-order valence-electron chi connectivity index (χ2n) is 8.21. The van der Waals surface area contributed by atoms with Crippen LogP contribution in [-0.4, -0.2) is 38.7 Å². The van der Waals surface area contributed by atoms with E-state index in [2.05, 4.69) is 5.32 Å². The van der Waals surface area contributed by atoms with Crippen molar-refractivity contribution < 1.29 is 24.2 Å². The van der Waals surface area contributed by atoms with Crippen LogP contribution in [0.15, 0.2) is 83.8 Å². The Balaban J connectivity index is 1.29. The van der Waals surface area contributed by atoms with Gasteiger partial charge in [-0.15, -0.1) is 0 Å². The van der Waals surface area contributed by atoms with Crippen molar-refractivity contribution in [2.75, 3.05) is 11.9 Å². The number of nitrogens with zero attached hydrogens (tertiary/aromatic N) is 1. The molecule has 0 unspecified atom stereocenters. The summed E-state index contributed by atoms with van der Waals surface area (Å²) in [5, 5.41) is 11.7. The van der Waals surface area contributed by atoms with Crippen LogP contribution in [0, 0.1) is 0 Å². The maximum atomic E-state index is 12.9. The van der Waals surface area contributed by atoms with Crippen LogP contribution < -0.4 is 10.1 Å². The van der Waals surface area contributed by atoms with Gasteiger partial charge in [0.05, 0.1) is 10.5 Å². The van der Waals surface area contributed by atoms with Gasteiger partial charge in [0.25, 0.3) is 5.91 Å². The molecule has 1 aliphatic heterocycles. The van der Waals surface area contributed by atoms with Crippen molar-refractivity contribution in [1.82, 2.24) is 4.90 Å². The number of hydrogen-bond acceptors (Lipinski definition) is 6. The van der Waals surface area contributed by atoms with Crippen molar-refractivity contribution in [2.24, 2.45) is 0 Å². The lowest BCUT2D eigenvalue weighted by Gasteiger charge is -2.14. The third kappa shape index (κ3) is 7.28. The fraction of sp³-hybridized carbons (Fsp3) is 0.143.